The topological polar surface area (TPSA) is 58.4 Å². The van der Waals surface area contributed by atoms with E-state index in [1.165, 1.54) is 6.42 Å². The van der Waals surface area contributed by atoms with Gasteiger partial charge in [0, 0.05) is 18.3 Å². The van der Waals surface area contributed by atoms with Crippen molar-refractivity contribution in [1.29, 1.82) is 0 Å². The normalized spacial score (nSPS) is 19.6. The number of halogens is 1. The molecule has 0 radical (unpaired) electrons. The number of amides is 1. The number of likely N-dealkylation sites (tertiary alicyclic amines) is 1. The molecule has 1 atom stereocenters. The number of nitrogen functional groups attached to an aromatic ring is 1. The SMILES string of the molecule is CCN1CCCC1CNC(=O)c1cccc(N)c1Br. The maximum atomic E-state index is 12.2. The summed E-state index contributed by atoms with van der Waals surface area (Å²) >= 11 is 3.36. The van der Waals surface area contributed by atoms with Crippen molar-refractivity contribution < 1.29 is 4.79 Å². The summed E-state index contributed by atoms with van der Waals surface area (Å²) in [7, 11) is 0. The fourth-order valence-corrected chi connectivity index (χ4v) is 3.02. The molecule has 1 aliphatic heterocycles. The molecule has 2 rings (SSSR count). The molecular weight excluding hydrogens is 306 g/mol. The first-order valence-corrected chi connectivity index (χ1v) is 7.49. The number of likely N-dealkylation sites (N-methyl/N-ethyl adjacent to an activating group) is 1. The highest BCUT2D eigenvalue weighted by Gasteiger charge is 2.23. The van der Waals surface area contributed by atoms with E-state index in [0.717, 1.165) is 19.5 Å². The molecule has 0 aromatic heterocycles. The van der Waals surface area contributed by atoms with Crippen LogP contribution in [0.25, 0.3) is 0 Å². The minimum absolute atomic E-state index is 0.0675. The number of nitrogens with zero attached hydrogens (tertiary/aromatic N) is 1. The van der Waals surface area contributed by atoms with Gasteiger partial charge in [0.2, 0.25) is 0 Å². The number of benzene rings is 1. The highest BCUT2D eigenvalue weighted by molar-refractivity contribution is 9.10. The number of anilines is 1. The summed E-state index contributed by atoms with van der Waals surface area (Å²) in [6, 6.07) is 5.82. The van der Waals surface area contributed by atoms with Crippen LogP contribution in [-0.2, 0) is 0 Å². The van der Waals surface area contributed by atoms with Gasteiger partial charge in [-0.3, -0.25) is 9.69 Å². The van der Waals surface area contributed by atoms with Crippen molar-refractivity contribution in [3.05, 3.63) is 28.2 Å². The molecule has 19 heavy (non-hydrogen) atoms. The predicted octanol–water partition coefficient (Wildman–Crippen LogP) is 2.25. The van der Waals surface area contributed by atoms with E-state index in [1.807, 2.05) is 0 Å². The Morgan fingerprint density at radius 2 is 2.37 bits per heavy atom. The first-order valence-electron chi connectivity index (χ1n) is 6.69. The summed E-state index contributed by atoms with van der Waals surface area (Å²) in [5.74, 6) is -0.0675. The van der Waals surface area contributed by atoms with Crippen molar-refractivity contribution >= 4 is 27.5 Å². The molecule has 1 heterocycles. The molecule has 0 saturated carbocycles. The molecule has 1 aromatic rings. The van der Waals surface area contributed by atoms with Crippen LogP contribution in [0.3, 0.4) is 0 Å². The van der Waals surface area contributed by atoms with Gasteiger partial charge in [-0.1, -0.05) is 13.0 Å². The Morgan fingerprint density at radius 3 is 3.11 bits per heavy atom. The molecule has 4 nitrogen and oxygen atoms in total. The van der Waals surface area contributed by atoms with Crippen molar-refractivity contribution in [2.24, 2.45) is 0 Å². The van der Waals surface area contributed by atoms with E-state index in [-0.39, 0.29) is 5.91 Å². The first kappa shape index (κ1) is 14.3. The lowest BCUT2D eigenvalue weighted by molar-refractivity contribution is 0.0940. The molecule has 104 valence electrons. The molecule has 0 bridgehead atoms. The van der Waals surface area contributed by atoms with Gasteiger partial charge < -0.3 is 11.1 Å². The third-order valence-corrected chi connectivity index (χ3v) is 4.56. The number of hydrogen-bond acceptors (Lipinski definition) is 3. The number of rotatable bonds is 4. The molecule has 1 saturated heterocycles. The first-order chi connectivity index (χ1) is 9.13. The van der Waals surface area contributed by atoms with Gasteiger partial charge >= 0.3 is 0 Å². The smallest absolute Gasteiger partial charge is 0.252 e. The zero-order valence-electron chi connectivity index (χ0n) is 11.2. The Balaban J connectivity index is 1.96. The van der Waals surface area contributed by atoms with Crippen molar-refractivity contribution in [3.8, 4) is 0 Å². The average Bonchev–Trinajstić information content (AvgIpc) is 2.86. The quantitative estimate of drug-likeness (QED) is 0.835. The molecule has 0 aliphatic carbocycles. The summed E-state index contributed by atoms with van der Waals surface area (Å²) in [6.07, 6.45) is 2.38. The predicted molar refractivity (Wildman–Crippen MR) is 81.2 cm³/mol. The van der Waals surface area contributed by atoms with Crippen LogP contribution in [0.5, 0.6) is 0 Å². The molecule has 1 aromatic carbocycles. The third-order valence-electron chi connectivity index (χ3n) is 3.68. The Labute approximate surface area is 122 Å². The number of nitrogens with one attached hydrogen (secondary N) is 1. The van der Waals surface area contributed by atoms with Crippen LogP contribution in [0.1, 0.15) is 30.1 Å². The molecule has 3 N–H and O–H groups in total. The largest absolute Gasteiger partial charge is 0.398 e. The second-order valence-corrected chi connectivity index (χ2v) is 5.64. The van der Waals surface area contributed by atoms with E-state index in [0.29, 0.717) is 28.3 Å². The summed E-state index contributed by atoms with van der Waals surface area (Å²) < 4.78 is 0.672. The summed E-state index contributed by atoms with van der Waals surface area (Å²) in [4.78, 5) is 14.6. The molecule has 1 fully saturated rings. The van der Waals surface area contributed by atoms with Crippen LogP contribution < -0.4 is 11.1 Å². The second kappa shape index (κ2) is 6.39. The van der Waals surface area contributed by atoms with Gasteiger partial charge in [0.05, 0.1) is 10.0 Å². The lowest BCUT2D eigenvalue weighted by atomic mass is 10.1. The van der Waals surface area contributed by atoms with Crippen LogP contribution in [0.4, 0.5) is 5.69 Å². The summed E-state index contributed by atoms with van der Waals surface area (Å²) in [6.45, 7) is 5.05. The number of carbonyl (C=O) groups is 1. The maximum Gasteiger partial charge on any atom is 0.252 e. The van der Waals surface area contributed by atoms with Gasteiger partial charge in [-0.25, -0.2) is 0 Å². The maximum absolute atomic E-state index is 12.2. The molecule has 0 spiro atoms. The zero-order valence-corrected chi connectivity index (χ0v) is 12.7. The molecule has 1 aliphatic rings. The fraction of sp³-hybridized carbons (Fsp3) is 0.500. The third kappa shape index (κ3) is 3.28. The fourth-order valence-electron chi connectivity index (χ4n) is 2.57. The number of carbonyl (C=O) groups excluding carboxylic acids is 1. The highest BCUT2D eigenvalue weighted by Crippen LogP contribution is 2.23. The summed E-state index contributed by atoms with van der Waals surface area (Å²) in [5.41, 5.74) is 6.97. The Hall–Kier alpha value is -1.07. The van der Waals surface area contributed by atoms with E-state index in [1.54, 1.807) is 18.2 Å². The van der Waals surface area contributed by atoms with Crippen molar-refractivity contribution in [2.75, 3.05) is 25.4 Å². The van der Waals surface area contributed by atoms with Crippen LogP contribution in [0.15, 0.2) is 22.7 Å². The van der Waals surface area contributed by atoms with Gasteiger partial charge in [0.15, 0.2) is 0 Å². The number of nitrogens with two attached hydrogens (primary N) is 1. The van der Waals surface area contributed by atoms with Crippen molar-refractivity contribution in [1.82, 2.24) is 10.2 Å². The van der Waals surface area contributed by atoms with E-state index < -0.39 is 0 Å². The molecule has 5 heteroatoms. The minimum Gasteiger partial charge on any atom is -0.398 e. The van der Waals surface area contributed by atoms with Gasteiger partial charge in [-0.05, 0) is 54.0 Å². The van der Waals surface area contributed by atoms with Gasteiger partial charge in [-0.2, -0.15) is 0 Å². The average molecular weight is 326 g/mol. The van der Waals surface area contributed by atoms with Crippen LogP contribution in [-0.4, -0.2) is 36.5 Å². The van der Waals surface area contributed by atoms with Crippen molar-refractivity contribution in [3.63, 3.8) is 0 Å². The second-order valence-electron chi connectivity index (χ2n) is 4.84. The van der Waals surface area contributed by atoms with E-state index in [4.69, 9.17) is 5.73 Å². The number of hydrogen-bond donors (Lipinski definition) is 2. The summed E-state index contributed by atoms with van der Waals surface area (Å²) in [5, 5.41) is 3.01. The van der Waals surface area contributed by atoms with Gasteiger partial charge in [0.25, 0.3) is 5.91 Å². The lowest BCUT2D eigenvalue weighted by Gasteiger charge is -2.23. The Bertz CT molecular complexity index is 464. The monoisotopic (exact) mass is 325 g/mol. The standard InChI is InChI=1S/C14H20BrN3O/c1-2-18-8-4-5-10(18)9-17-14(19)11-6-3-7-12(16)13(11)15/h3,6-7,10H,2,4-5,8-9,16H2,1H3,(H,17,19). The molecular formula is C14H20BrN3O. The van der Waals surface area contributed by atoms with Crippen LogP contribution >= 0.6 is 15.9 Å². The molecule has 1 amide bonds. The van der Waals surface area contributed by atoms with Gasteiger partial charge in [0.1, 0.15) is 0 Å². The lowest BCUT2D eigenvalue weighted by Crippen LogP contribution is -2.40. The molecule has 1 unspecified atom stereocenters. The van der Waals surface area contributed by atoms with E-state index in [2.05, 4.69) is 33.1 Å². The van der Waals surface area contributed by atoms with Crippen LogP contribution in [0, 0.1) is 0 Å². The van der Waals surface area contributed by atoms with E-state index in [9.17, 15) is 4.79 Å². The Morgan fingerprint density at radius 1 is 1.58 bits per heavy atom. The Kier molecular flexibility index (Phi) is 4.82. The zero-order chi connectivity index (χ0) is 13.8. The minimum atomic E-state index is -0.0675. The highest BCUT2D eigenvalue weighted by atomic mass is 79.9. The van der Waals surface area contributed by atoms with E-state index >= 15 is 0 Å². The van der Waals surface area contributed by atoms with Gasteiger partial charge in [-0.15, -0.1) is 0 Å². The van der Waals surface area contributed by atoms with Crippen LogP contribution in [0.2, 0.25) is 0 Å². The van der Waals surface area contributed by atoms with Crippen molar-refractivity contribution in [2.45, 2.75) is 25.8 Å².